The van der Waals surface area contributed by atoms with Crippen LogP contribution in [-0.4, -0.2) is 26.9 Å². The number of allylic oxidation sites excluding steroid dienone is 1. The van der Waals surface area contributed by atoms with Gasteiger partial charge in [-0.05, 0) is 19.3 Å². The van der Waals surface area contributed by atoms with Crippen LogP contribution >= 0.6 is 0 Å². The van der Waals surface area contributed by atoms with E-state index in [9.17, 15) is 4.79 Å². The van der Waals surface area contributed by atoms with Gasteiger partial charge in [0, 0.05) is 18.7 Å². The van der Waals surface area contributed by atoms with Gasteiger partial charge in [0.1, 0.15) is 0 Å². The summed E-state index contributed by atoms with van der Waals surface area (Å²) in [6.45, 7) is 0.592. The van der Waals surface area contributed by atoms with Gasteiger partial charge in [-0.25, -0.2) is 0 Å². The number of carbonyl (C=O) groups excluding carboxylic acids is 1. The predicted octanol–water partition coefficient (Wildman–Crippen LogP) is 0.893. The van der Waals surface area contributed by atoms with Gasteiger partial charge < -0.3 is 5.32 Å². The van der Waals surface area contributed by atoms with Gasteiger partial charge in [-0.2, -0.15) is 0 Å². The Bertz CT molecular complexity index is 358. The summed E-state index contributed by atoms with van der Waals surface area (Å²) in [5.74, 6) is 0.0933. The molecule has 5 nitrogen and oxygen atoms in total. The maximum atomic E-state index is 11.6. The summed E-state index contributed by atoms with van der Waals surface area (Å²) in [6, 6.07) is 0.313. The van der Waals surface area contributed by atoms with E-state index >= 15 is 0 Å². The SMILES string of the molecule is O=C(CCn1ccnn1)NC1CC=CCC1. The van der Waals surface area contributed by atoms with Gasteiger partial charge in [-0.1, -0.05) is 17.4 Å². The van der Waals surface area contributed by atoms with Crippen LogP contribution in [0.25, 0.3) is 0 Å². The molecule has 1 N–H and O–H groups in total. The lowest BCUT2D eigenvalue weighted by molar-refractivity contribution is -0.122. The number of nitrogens with zero attached hydrogens (tertiary/aromatic N) is 3. The third-order valence-electron chi connectivity index (χ3n) is 2.67. The maximum Gasteiger partial charge on any atom is 0.222 e. The molecule has 2 rings (SSSR count). The van der Waals surface area contributed by atoms with Crippen molar-refractivity contribution in [2.45, 2.75) is 38.3 Å². The van der Waals surface area contributed by atoms with Crippen molar-refractivity contribution in [3.8, 4) is 0 Å². The zero-order chi connectivity index (χ0) is 11.2. The minimum Gasteiger partial charge on any atom is -0.353 e. The Morgan fingerprint density at radius 1 is 1.50 bits per heavy atom. The van der Waals surface area contributed by atoms with Crippen molar-refractivity contribution in [3.63, 3.8) is 0 Å². The monoisotopic (exact) mass is 220 g/mol. The second kappa shape index (κ2) is 5.44. The van der Waals surface area contributed by atoms with Crippen LogP contribution in [-0.2, 0) is 11.3 Å². The van der Waals surface area contributed by atoms with E-state index in [-0.39, 0.29) is 5.91 Å². The van der Waals surface area contributed by atoms with E-state index in [1.54, 1.807) is 17.1 Å². The maximum absolute atomic E-state index is 11.6. The Balaban J connectivity index is 1.70. The van der Waals surface area contributed by atoms with Crippen molar-refractivity contribution < 1.29 is 4.79 Å². The van der Waals surface area contributed by atoms with Gasteiger partial charge in [0.2, 0.25) is 5.91 Å². The van der Waals surface area contributed by atoms with Gasteiger partial charge >= 0.3 is 0 Å². The molecular formula is C11H16N4O. The first-order chi connectivity index (χ1) is 7.84. The number of amides is 1. The molecular weight excluding hydrogens is 204 g/mol. The molecule has 0 aliphatic heterocycles. The fraction of sp³-hybridized carbons (Fsp3) is 0.545. The van der Waals surface area contributed by atoms with Crippen LogP contribution in [0.15, 0.2) is 24.5 Å². The van der Waals surface area contributed by atoms with Crippen LogP contribution in [0.5, 0.6) is 0 Å². The number of hydrogen-bond donors (Lipinski definition) is 1. The molecule has 0 aromatic carbocycles. The number of nitrogens with one attached hydrogen (secondary N) is 1. The van der Waals surface area contributed by atoms with Crippen molar-refractivity contribution >= 4 is 5.91 Å². The van der Waals surface area contributed by atoms with Crippen LogP contribution in [0, 0.1) is 0 Å². The molecule has 0 saturated heterocycles. The number of aryl methyl sites for hydroxylation is 1. The first kappa shape index (κ1) is 10.9. The highest BCUT2D eigenvalue weighted by molar-refractivity contribution is 5.76. The highest BCUT2D eigenvalue weighted by atomic mass is 16.1. The van der Waals surface area contributed by atoms with E-state index in [2.05, 4.69) is 27.8 Å². The number of carbonyl (C=O) groups is 1. The van der Waals surface area contributed by atoms with Crippen LogP contribution in [0.3, 0.4) is 0 Å². The van der Waals surface area contributed by atoms with Crippen LogP contribution < -0.4 is 5.32 Å². The molecule has 1 aliphatic carbocycles. The second-order valence-electron chi connectivity index (χ2n) is 3.97. The molecule has 1 aliphatic rings. The Hall–Kier alpha value is -1.65. The molecule has 0 spiro atoms. The third-order valence-corrected chi connectivity index (χ3v) is 2.67. The minimum atomic E-state index is 0.0933. The average molecular weight is 220 g/mol. The molecule has 16 heavy (non-hydrogen) atoms. The van der Waals surface area contributed by atoms with Gasteiger partial charge in [0.15, 0.2) is 0 Å². The van der Waals surface area contributed by atoms with Gasteiger partial charge in [-0.3, -0.25) is 9.48 Å². The Morgan fingerprint density at radius 2 is 2.44 bits per heavy atom. The largest absolute Gasteiger partial charge is 0.353 e. The zero-order valence-corrected chi connectivity index (χ0v) is 9.17. The quantitative estimate of drug-likeness (QED) is 0.767. The molecule has 1 unspecified atom stereocenters. The summed E-state index contributed by atoms with van der Waals surface area (Å²) in [6.07, 6.45) is 11.2. The summed E-state index contributed by atoms with van der Waals surface area (Å²) in [7, 11) is 0. The summed E-state index contributed by atoms with van der Waals surface area (Å²) in [5.41, 5.74) is 0. The lowest BCUT2D eigenvalue weighted by Gasteiger charge is -2.19. The Kier molecular flexibility index (Phi) is 3.69. The van der Waals surface area contributed by atoms with Crippen molar-refractivity contribution in [1.29, 1.82) is 0 Å². The molecule has 0 bridgehead atoms. The van der Waals surface area contributed by atoms with E-state index < -0.39 is 0 Å². The number of rotatable bonds is 4. The topological polar surface area (TPSA) is 59.8 Å². The predicted molar refractivity (Wildman–Crippen MR) is 59.6 cm³/mol. The Labute approximate surface area is 94.5 Å². The highest BCUT2D eigenvalue weighted by Gasteiger charge is 2.12. The third kappa shape index (κ3) is 3.18. The molecule has 0 saturated carbocycles. The van der Waals surface area contributed by atoms with E-state index in [0.717, 1.165) is 19.3 Å². The average Bonchev–Trinajstić information content (AvgIpc) is 2.81. The molecule has 86 valence electrons. The molecule has 1 aromatic heterocycles. The fourth-order valence-electron chi connectivity index (χ4n) is 1.79. The lowest BCUT2D eigenvalue weighted by Crippen LogP contribution is -2.35. The molecule has 1 amide bonds. The standard InChI is InChI=1S/C11H16N4O/c16-11(6-8-15-9-7-12-14-15)13-10-4-2-1-3-5-10/h1-2,7,9-10H,3-6,8H2,(H,13,16). The summed E-state index contributed by atoms with van der Waals surface area (Å²) in [5, 5.41) is 10.5. The van der Waals surface area contributed by atoms with Crippen molar-refractivity contribution in [2.75, 3.05) is 0 Å². The fourth-order valence-corrected chi connectivity index (χ4v) is 1.79. The van der Waals surface area contributed by atoms with Crippen LogP contribution in [0.2, 0.25) is 0 Å². The van der Waals surface area contributed by atoms with Gasteiger partial charge in [0.25, 0.3) is 0 Å². The first-order valence-electron chi connectivity index (χ1n) is 5.63. The molecule has 1 aromatic rings. The van der Waals surface area contributed by atoms with Gasteiger partial charge in [-0.15, -0.1) is 5.10 Å². The number of hydrogen-bond acceptors (Lipinski definition) is 3. The van der Waals surface area contributed by atoms with E-state index in [1.807, 2.05) is 0 Å². The Morgan fingerprint density at radius 3 is 3.12 bits per heavy atom. The molecule has 0 radical (unpaired) electrons. The lowest BCUT2D eigenvalue weighted by atomic mass is 10.0. The zero-order valence-electron chi connectivity index (χ0n) is 9.17. The summed E-state index contributed by atoms with van der Waals surface area (Å²) >= 11 is 0. The smallest absolute Gasteiger partial charge is 0.222 e. The van der Waals surface area contributed by atoms with Crippen molar-refractivity contribution in [2.24, 2.45) is 0 Å². The van der Waals surface area contributed by atoms with Crippen molar-refractivity contribution in [3.05, 3.63) is 24.5 Å². The van der Waals surface area contributed by atoms with Crippen LogP contribution in [0.4, 0.5) is 0 Å². The van der Waals surface area contributed by atoms with Crippen molar-refractivity contribution in [1.82, 2.24) is 20.3 Å². The van der Waals surface area contributed by atoms with E-state index in [4.69, 9.17) is 0 Å². The number of aromatic nitrogens is 3. The molecule has 0 fully saturated rings. The second-order valence-corrected chi connectivity index (χ2v) is 3.97. The normalized spacial score (nSPS) is 19.6. The first-order valence-corrected chi connectivity index (χ1v) is 5.63. The van der Waals surface area contributed by atoms with Gasteiger partial charge in [0.05, 0.1) is 12.7 Å². The van der Waals surface area contributed by atoms with Crippen LogP contribution in [0.1, 0.15) is 25.7 Å². The highest BCUT2D eigenvalue weighted by Crippen LogP contribution is 2.10. The minimum absolute atomic E-state index is 0.0933. The molecule has 1 heterocycles. The molecule has 5 heteroatoms. The summed E-state index contributed by atoms with van der Waals surface area (Å²) in [4.78, 5) is 11.6. The summed E-state index contributed by atoms with van der Waals surface area (Å²) < 4.78 is 1.67. The van der Waals surface area contributed by atoms with E-state index in [0.29, 0.717) is 19.0 Å². The van der Waals surface area contributed by atoms with E-state index in [1.165, 1.54) is 0 Å². The molecule has 1 atom stereocenters.